The highest BCUT2D eigenvalue weighted by atomic mass is 79.9. The third-order valence-corrected chi connectivity index (χ3v) is 5.16. The van der Waals surface area contributed by atoms with E-state index in [1.54, 1.807) is 0 Å². The molecule has 0 aliphatic heterocycles. The van der Waals surface area contributed by atoms with E-state index in [1.807, 2.05) is 0 Å². The van der Waals surface area contributed by atoms with Crippen LogP contribution in [0.4, 0.5) is 15.8 Å². The zero-order chi connectivity index (χ0) is 14.6. The SMILES string of the molecule is CC1(C)C(Nc2cc(Br)c(F)cc2[N+](=O)[O-])C1(C)C. The Morgan fingerprint density at radius 1 is 1.32 bits per heavy atom. The Bertz CT molecular complexity index is 544. The monoisotopic (exact) mass is 330 g/mol. The second-order valence-electron chi connectivity index (χ2n) is 6.06. The molecule has 1 N–H and O–H groups in total. The quantitative estimate of drug-likeness (QED) is 0.662. The average Bonchev–Trinajstić information content (AvgIpc) is 2.65. The number of benzene rings is 1. The van der Waals surface area contributed by atoms with Crippen molar-refractivity contribution in [1.29, 1.82) is 0 Å². The molecular weight excluding hydrogens is 315 g/mol. The molecule has 1 aromatic rings. The first-order valence-electron chi connectivity index (χ1n) is 5.99. The summed E-state index contributed by atoms with van der Waals surface area (Å²) in [4.78, 5) is 10.4. The second kappa shape index (κ2) is 4.16. The van der Waals surface area contributed by atoms with Crippen LogP contribution in [0.2, 0.25) is 0 Å². The Kier molecular flexibility index (Phi) is 3.12. The van der Waals surface area contributed by atoms with Crippen LogP contribution in [-0.4, -0.2) is 11.0 Å². The predicted molar refractivity (Wildman–Crippen MR) is 75.7 cm³/mol. The third kappa shape index (κ3) is 2.12. The molecular formula is C13H16BrFN2O2. The van der Waals surface area contributed by atoms with Gasteiger partial charge in [0, 0.05) is 6.04 Å². The Morgan fingerprint density at radius 3 is 2.26 bits per heavy atom. The van der Waals surface area contributed by atoms with E-state index >= 15 is 0 Å². The maximum atomic E-state index is 13.4. The van der Waals surface area contributed by atoms with E-state index in [1.165, 1.54) is 6.07 Å². The first kappa shape index (κ1) is 14.2. The van der Waals surface area contributed by atoms with Gasteiger partial charge in [0.25, 0.3) is 5.69 Å². The fourth-order valence-corrected chi connectivity index (χ4v) is 2.86. The van der Waals surface area contributed by atoms with Gasteiger partial charge in [-0.2, -0.15) is 0 Å². The molecule has 104 valence electrons. The summed E-state index contributed by atoms with van der Waals surface area (Å²) >= 11 is 3.06. The van der Waals surface area contributed by atoms with Crippen molar-refractivity contribution >= 4 is 27.3 Å². The number of nitrogens with zero attached hydrogens (tertiary/aromatic N) is 1. The number of nitro benzene ring substituents is 1. The van der Waals surface area contributed by atoms with Crippen LogP contribution >= 0.6 is 15.9 Å². The molecule has 0 aromatic heterocycles. The van der Waals surface area contributed by atoms with Crippen molar-refractivity contribution in [2.45, 2.75) is 33.7 Å². The first-order valence-corrected chi connectivity index (χ1v) is 6.78. The average molecular weight is 331 g/mol. The molecule has 19 heavy (non-hydrogen) atoms. The molecule has 0 amide bonds. The van der Waals surface area contributed by atoms with Crippen LogP contribution in [0, 0.1) is 26.8 Å². The van der Waals surface area contributed by atoms with Crippen LogP contribution in [0.15, 0.2) is 16.6 Å². The van der Waals surface area contributed by atoms with Gasteiger partial charge in [-0.05, 0) is 32.8 Å². The largest absolute Gasteiger partial charge is 0.376 e. The van der Waals surface area contributed by atoms with E-state index in [9.17, 15) is 14.5 Å². The van der Waals surface area contributed by atoms with Crippen LogP contribution in [0.1, 0.15) is 27.7 Å². The van der Waals surface area contributed by atoms with E-state index in [0.29, 0.717) is 5.69 Å². The fraction of sp³-hybridized carbons (Fsp3) is 0.538. The second-order valence-corrected chi connectivity index (χ2v) is 6.92. The van der Waals surface area contributed by atoms with E-state index in [2.05, 4.69) is 48.9 Å². The van der Waals surface area contributed by atoms with Crippen molar-refractivity contribution in [2.24, 2.45) is 10.8 Å². The molecule has 0 bridgehead atoms. The lowest BCUT2D eigenvalue weighted by atomic mass is 10.0. The van der Waals surface area contributed by atoms with Crippen molar-refractivity contribution in [3.8, 4) is 0 Å². The molecule has 2 rings (SSSR count). The zero-order valence-corrected chi connectivity index (χ0v) is 12.8. The highest BCUT2D eigenvalue weighted by Gasteiger charge is 2.65. The predicted octanol–water partition coefficient (Wildman–Crippen LogP) is 4.34. The fourth-order valence-electron chi connectivity index (χ4n) is 2.52. The summed E-state index contributed by atoms with van der Waals surface area (Å²) in [5.74, 6) is -0.633. The Morgan fingerprint density at radius 2 is 1.84 bits per heavy atom. The van der Waals surface area contributed by atoms with Crippen LogP contribution in [-0.2, 0) is 0 Å². The van der Waals surface area contributed by atoms with Gasteiger partial charge in [0.15, 0.2) is 0 Å². The smallest absolute Gasteiger partial charge is 0.295 e. The Balaban J connectivity index is 2.36. The van der Waals surface area contributed by atoms with Crippen LogP contribution in [0.25, 0.3) is 0 Å². The standard InChI is InChI=1S/C13H16BrFN2O2/c1-12(2)11(13(12,3)4)16-9-5-7(14)8(15)6-10(9)17(18)19/h5-6,11,16H,1-4H3. The number of rotatable bonds is 3. The molecule has 0 unspecified atom stereocenters. The van der Waals surface area contributed by atoms with E-state index in [4.69, 9.17) is 0 Å². The number of hydrogen-bond donors (Lipinski definition) is 1. The minimum atomic E-state index is -0.633. The van der Waals surface area contributed by atoms with Crippen molar-refractivity contribution in [1.82, 2.24) is 0 Å². The van der Waals surface area contributed by atoms with Gasteiger partial charge >= 0.3 is 0 Å². The molecule has 0 atom stereocenters. The zero-order valence-electron chi connectivity index (χ0n) is 11.3. The molecule has 1 aliphatic carbocycles. The van der Waals surface area contributed by atoms with Gasteiger partial charge < -0.3 is 5.32 Å². The van der Waals surface area contributed by atoms with E-state index in [-0.39, 0.29) is 27.0 Å². The summed E-state index contributed by atoms with van der Waals surface area (Å²) in [6.45, 7) is 8.42. The lowest BCUT2D eigenvalue weighted by molar-refractivity contribution is -0.384. The molecule has 0 radical (unpaired) electrons. The Hall–Kier alpha value is -1.17. The molecule has 1 fully saturated rings. The summed E-state index contributed by atoms with van der Waals surface area (Å²) in [5.41, 5.74) is 0.199. The number of anilines is 1. The minimum absolute atomic E-state index is 0.0434. The summed E-state index contributed by atoms with van der Waals surface area (Å²) in [5, 5.41) is 14.2. The van der Waals surface area contributed by atoms with Crippen LogP contribution in [0.3, 0.4) is 0 Å². The molecule has 1 saturated carbocycles. The van der Waals surface area contributed by atoms with Gasteiger partial charge in [0.2, 0.25) is 0 Å². The van der Waals surface area contributed by atoms with E-state index < -0.39 is 10.7 Å². The van der Waals surface area contributed by atoms with Crippen molar-refractivity contribution in [3.63, 3.8) is 0 Å². The van der Waals surface area contributed by atoms with Gasteiger partial charge in [-0.3, -0.25) is 10.1 Å². The lowest BCUT2D eigenvalue weighted by Crippen LogP contribution is -2.11. The molecule has 0 spiro atoms. The molecule has 0 saturated heterocycles. The minimum Gasteiger partial charge on any atom is -0.376 e. The van der Waals surface area contributed by atoms with E-state index in [0.717, 1.165) is 6.07 Å². The summed E-state index contributed by atoms with van der Waals surface area (Å²) < 4.78 is 13.6. The molecule has 6 heteroatoms. The summed E-state index contributed by atoms with van der Waals surface area (Å²) in [6.07, 6.45) is 0. The Labute approximate surface area is 119 Å². The lowest BCUT2D eigenvalue weighted by Gasteiger charge is -2.10. The van der Waals surface area contributed by atoms with Gasteiger partial charge in [0.05, 0.1) is 15.5 Å². The number of halogens is 2. The first-order chi connectivity index (χ1) is 8.59. The molecule has 0 heterocycles. The van der Waals surface area contributed by atoms with Crippen LogP contribution in [0.5, 0.6) is 0 Å². The highest BCUT2D eigenvalue weighted by Crippen LogP contribution is 2.64. The van der Waals surface area contributed by atoms with Gasteiger partial charge in [0.1, 0.15) is 11.5 Å². The molecule has 1 aromatic carbocycles. The maximum Gasteiger partial charge on any atom is 0.295 e. The van der Waals surface area contributed by atoms with Crippen molar-refractivity contribution < 1.29 is 9.31 Å². The van der Waals surface area contributed by atoms with Crippen LogP contribution < -0.4 is 5.32 Å². The normalized spacial score (nSPS) is 20.1. The number of nitrogens with one attached hydrogen (secondary N) is 1. The summed E-state index contributed by atoms with van der Waals surface area (Å²) in [7, 11) is 0. The van der Waals surface area contributed by atoms with Gasteiger partial charge in [-0.1, -0.05) is 27.7 Å². The van der Waals surface area contributed by atoms with Gasteiger partial charge in [-0.15, -0.1) is 0 Å². The molecule has 4 nitrogen and oxygen atoms in total. The van der Waals surface area contributed by atoms with Crippen molar-refractivity contribution in [3.05, 3.63) is 32.5 Å². The molecule has 1 aliphatic rings. The maximum absolute atomic E-state index is 13.4. The topological polar surface area (TPSA) is 55.2 Å². The van der Waals surface area contributed by atoms with Gasteiger partial charge in [-0.25, -0.2) is 4.39 Å². The summed E-state index contributed by atoms with van der Waals surface area (Å²) in [6, 6.07) is 2.49. The number of nitro groups is 1. The number of hydrogen-bond acceptors (Lipinski definition) is 3. The van der Waals surface area contributed by atoms with Crippen molar-refractivity contribution in [2.75, 3.05) is 5.32 Å². The highest BCUT2D eigenvalue weighted by molar-refractivity contribution is 9.10. The third-order valence-electron chi connectivity index (χ3n) is 4.56.